The normalized spacial score (nSPS) is 11.3. The van der Waals surface area contributed by atoms with E-state index in [1.165, 1.54) is 47.9 Å². The molecule has 0 N–H and O–H groups in total. The van der Waals surface area contributed by atoms with Gasteiger partial charge in [-0.2, -0.15) is 10.1 Å². The van der Waals surface area contributed by atoms with E-state index >= 15 is 0 Å². The van der Waals surface area contributed by atoms with E-state index in [-0.39, 0.29) is 10.9 Å². The molecule has 150 valence electrons. The maximum absolute atomic E-state index is 13.1. The van der Waals surface area contributed by atoms with Crippen LogP contribution in [0.3, 0.4) is 0 Å². The lowest BCUT2D eigenvalue weighted by atomic mass is 10.2. The zero-order valence-corrected chi connectivity index (χ0v) is 17.3. The third-order valence-electron chi connectivity index (χ3n) is 3.89. The number of rotatable bonds is 5. The van der Waals surface area contributed by atoms with Crippen LogP contribution in [0.4, 0.5) is 15.4 Å². The fourth-order valence-corrected chi connectivity index (χ4v) is 3.96. The maximum Gasteiger partial charge on any atom is 0.433 e. The zero-order valence-electron chi connectivity index (χ0n) is 14.9. The predicted octanol–water partition coefficient (Wildman–Crippen LogP) is 5.38. The van der Waals surface area contributed by atoms with Crippen LogP contribution in [-0.4, -0.2) is 22.0 Å². The summed E-state index contributed by atoms with van der Waals surface area (Å²) in [5, 5.41) is 16.3. The standard InChI is InChI=1S/C19H10BrFN4O4S/c20-12-3-6-14-16(9-12)30-19(23-14)24(22-10-11-1-4-13(21)5-2-11)18(26)15-7-8-17(29-15)25(27)28/h1-10H/b22-10+. The van der Waals surface area contributed by atoms with Gasteiger partial charge in [-0.15, -0.1) is 0 Å². The average molecular weight is 489 g/mol. The molecule has 2 aromatic heterocycles. The van der Waals surface area contributed by atoms with Crippen molar-refractivity contribution in [3.8, 4) is 0 Å². The van der Waals surface area contributed by atoms with E-state index in [4.69, 9.17) is 4.42 Å². The van der Waals surface area contributed by atoms with Crippen LogP contribution < -0.4 is 5.01 Å². The van der Waals surface area contributed by atoms with E-state index in [0.29, 0.717) is 11.1 Å². The first kappa shape index (κ1) is 19.9. The van der Waals surface area contributed by atoms with Crippen molar-refractivity contribution in [3.05, 3.63) is 86.3 Å². The molecule has 0 unspecified atom stereocenters. The topological polar surface area (TPSA) is 102 Å². The van der Waals surface area contributed by atoms with Crippen LogP contribution >= 0.6 is 27.3 Å². The third kappa shape index (κ3) is 4.11. The van der Waals surface area contributed by atoms with Gasteiger partial charge in [-0.05, 0) is 42.0 Å². The second kappa shape index (κ2) is 8.13. The summed E-state index contributed by atoms with van der Waals surface area (Å²) >= 11 is 4.59. The number of hydrogen-bond donors (Lipinski definition) is 0. The molecule has 30 heavy (non-hydrogen) atoms. The Labute approximate surface area is 180 Å². The van der Waals surface area contributed by atoms with Crippen molar-refractivity contribution in [2.45, 2.75) is 0 Å². The number of nitro groups is 1. The van der Waals surface area contributed by atoms with Gasteiger partial charge in [0.25, 0.3) is 0 Å². The number of thiazole rings is 1. The van der Waals surface area contributed by atoms with Crippen LogP contribution in [0.15, 0.2) is 68.6 Å². The van der Waals surface area contributed by atoms with Crippen molar-refractivity contribution in [2.75, 3.05) is 5.01 Å². The van der Waals surface area contributed by atoms with Crippen molar-refractivity contribution < 1.29 is 18.5 Å². The SMILES string of the molecule is O=C(c1ccc([N+](=O)[O-])o1)N(/N=C/c1ccc(F)cc1)c1nc2ccc(Br)cc2s1. The number of hydrazone groups is 1. The van der Waals surface area contributed by atoms with Gasteiger partial charge in [0.05, 0.1) is 22.5 Å². The first-order valence-electron chi connectivity index (χ1n) is 8.35. The molecule has 0 aliphatic rings. The van der Waals surface area contributed by atoms with Gasteiger partial charge in [0.2, 0.25) is 10.9 Å². The summed E-state index contributed by atoms with van der Waals surface area (Å²) < 4.78 is 19.8. The Hall–Kier alpha value is -3.44. The van der Waals surface area contributed by atoms with E-state index in [0.717, 1.165) is 20.2 Å². The van der Waals surface area contributed by atoms with Gasteiger partial charge in [-0.3, -0.25) is 14.9 Å². The summed E-state index contributed by atoms with van der Waals surface area (Å²) in [5.41, 5.74) is 1.20. The van der Waals surface area contributed by atoms with Crippen molar-refractivity contribution in [3.63, 3.8) is 0 Å². The summed E-state index contributed by atoms with van der Waals surface area (Å²) in [5.74, 6) is -1.97. The monoisotopic (exact) mass is 488 g/mol. The highest BCUT2D eigenvalue weighted by Crippen LogP contribution is 2.32. The van der Waals surface area contributed by atoms with E-state index in [2.05, 4.69) is 26.0 Å². The van der Waals surface area contributed by atoms with Gasteiger partial charge in [0, 0.05) is 4.47 Å². The molecule has 0 fully saturated rings. The van der Waals surface area contributed by atoms with Gasteiger partial charge in [0.15, 0.2) is 0 Å². The Morgan fingerprint density at radius 2 is 2.00 bits per heavy atom. The first-order chi connectivity index (χ1) is 14.4. The number of halogens is 2. The molecule has 4 aromatic rings. The zero-order chi connectivity index (χ0) is 21.3. The number of fused-ring (bicyclic) bond motifs is 1. The molecular weight excluding hydrogens is 479 g/mol. The van der Waals surface area contributed by atoms with Gasteiger partial charge in [-0.25, -0.2) is 9.37 Å². The Morgan fingerprint density at radius 3 is 2.70 bits per heavy atom. The number of amides is 1. The average Bonchev–Trinajstić information content (AvgIpc) is 3.36. The number of furan rings is 1. The van der Waals surface area contributed by atoms with Crippen molar-refractivity contribution in [2.24, 2.45) is 5.10 Å². The Bertz CT molecular complexity index is 1290. The molecular formula is C19H10BrFN4O4S. The summed E-state index contributed by atoms with van der Waals surface area (Å²) in [6.07, 6.45) is 1.36. The summed E-state index contributed by atoms with van der Waals surface area (Å²) in [6.45, 7) is 0. The molecule has 11 heteroatoms. The number of aromatic nitrogens is 1. The molecule has 8 nitrogen and oxygen atoms in total. The molecule has 0 saturated heterocycles. The van der Waals surface area contributed by atoms with Crippen molar-refractivity contribution in [1.29, 1.82) is 0 Å². The number of anilines is 1. The Kier molecular flexibility index (Phi) is 5.38. The Balaban J connectivity index is 1.75. The number of hydrogen-bond acceptors (Lipinski definition) is 7. The largest absolute Gasteiger partial charge is 0.433 e. The van der Waals surface area contributed by atoms with Crippen LogP contribution in [-0.2, 0) is 0 Å². The number of benzene rings is 2. The highest BCUT2D eigenvalue weighted by molar-refractivity contribution is 9.10. The van der Waals surface area contributed by atoms with E-state index in [9.17, 15) is 19.3 Å². The molecule has 0 bridgehead atoms. The van der Waals surface area contributed by atoms with E-state index in [1.54, 1.807) is 6.07 Å². The molecule has 2 aromatic carbocycles. The maximum atomic E-state index is 13.1. The molecule has 0 saturated carbocycles. The predicted molar refractivity (Wildman–Crippen MR) is 113 cm³/mol. The molecule has 4 rings (SSSR count). The van der Waals surface area contributed by atoms with E-state index < -0.39 is 22.5 Å². The molecule has 0 aliphatic heterocycles. The van der Waals surface area contributed by atoms with Gasteiger partial charge in [-0.1, -0.05) is 39.4 Å². The number of carbonyl (C=O) groups is 1. The lowest BCUT2D eigenvalue weighted by molar-refractivity contribution is -0.402. The van der Waals surface area contributed by atoms with Crippen molar-refractivity contribution in [1.82, 2.24) is 4.98 Å². The summed E-state index contributed by atoms with van der Waals surface area (Å²) in [4.78, 5) is 27.6. The van der Waals surface area contributed by atoms with Crippen LogP contribution in [0.25, 0.3) is 10.2 Å². The van der Waals surface area contributed by atoms with E-state index in [1.807, 2.05) is 12.1 Å². The molecule has 1 amide bonds. The molecule has 2 heterocycles. The van der Waals surface area contributed by atoms with Gasteiger partial charge >= 0.3 is 11.8 Å². The van der Waals surface area contributed by atoms with Crippen LogP contribution in [0.1, 0.15) is 16.1 Å². The molecule has 0 atom stereocenters. The minimum atomic E-state index is -0.738. The van der Waals surface area contributed by atoms with Gasteiger partial charge < -0.3 is 4.42 Å². The van der Waals surface area contributed by atoms with Crippen LogP contribution in [0.2, 0.25) is 0 Å². The third-order valence-corrected chi connectivity index (χ3v) is 5.37. The minimum absolute atomic E-state index is 0.241. The molecule has 0 aliphatic carbocycles. The number of carbonyl (C=O) groups excluding carboxylic acids is 1. The Morgan fingerprint density at radius 1 is 1.23 bits per heavy atom. The fraction of sp³-hybridized carbons (Fsp3) is 0. The quantitative estimate of drug-likeness (QED) is 0.213. The number of nitrogens with zero attached hydrogens (tertiary/aromatic N) is 4. The highest BCUT2D eigenvalue weighted by atomic mass is 79.9. The second-order valence-electron chi connectivity index (χ2n) is 5.92. The minimum Gasteiger partial charge on any atom is -0.395 e. The van der Waals surface area contributed by atoms with Crippen molar-refractivity contribution >= 4 is 60.6 Å². The van der Waals surface area contributed by atoms with Crippen LogP contribution in [0.5, 0.6) is 0 Å². The lowest BCUT2D eigenvalue weighted by Gasteiger charge is -2.11. The summed E-state index contributed by atoms with van der Waals surface area (Å²) in [6, 6.07) is 13.2. The van der Waals surface area contributed by atoms with Crippen LogP contribution in [0, 0.1) is 15.9 Å². The molecule has 0 radical (unpaired) electrons. The summed E-state index contributed by atoms with van der Waals surface area (Å²) in [7, 11) is 0. The smallest absolute Gasteiger partial charge is 0.395 e. The molecule has 0 spiro atoms. The first-order valence-corrected chi connectivity index (χ1v) is 9.96. The lowest BCUT2D eigenvalue weighted by Crippen LogP contribution is -2.25. The fourth-order valence-electron chi connectivity index (χ4n) is 2.48. The highest BCUT2D eigenvalue weighted by Gasteiger charge is 2.26. The van der Waals surface area contributed by atoms with Gasteiger partial charge in [0.1, 0.15) is 10.7 Å². The second-order valence-corrected chi connectivity index (χ2v) is 7.84.